The fraction of sp³-hybridized carbons (Fsp3) is 0.308. The van der Waals surface area contributed by atoms with Crippen LogP contribution in [0.1, 0.15) is 17.4 Å². The summed E-state index contributed by atoms with van der Waals surface area (Å²) in [6, 6.07) is 1.65. The lowest BCUT2D eigenvalue weighted by Crippen LogP contribution is -2.59. The van der Waals surface area contributed by atoms with Gasteiger partial charge in [0.2, 0.25) is 0 Å². The zero-order chi connectivity index (χ0) is 15.2. The van der Waals surface area contributed by atoms with Crippen LogP contribution < -0.4 is 5.32 Å². The number of H-pyrrole nitrogens is 1. The summed E-state index contributed by atoms with van der Waals surface area (Å²) in [5, 5.41) is 14.6. The number of nitrogens with one attached hydrogen (secondary N) is 2. The SMILES string of the molecule is CC1(NC(=O)c2ccn(-c3ncnc4[nH]ncc34)n2)COC1. The standard InChI is InChI=1S/C13H13N7O2/c1-13(5-22-6-13)17-12(21)9-2-3-20(19-9)11-8-4-16-18-10(8)14-7-15-11/h2-4,7H,5-6H2,1H3,(H,17,21)(H,14,15,16,18). The minimum atomic E-state index is -0.312. The first-order chi connectivity index (χ1) is 10.6. The zero-order valence-corrected chi connectivity index (χ0v) is 11.8. The average molecular weight is 299 g/mol. The smallest absolute Gasteiger partial charge is 0.272 e. The first-order valence-corrected chi connectivity index (χ1v) is 6.75. The Hall–Kier alpha value is -2.81. The van der Waals surface area contributed by atoms with Crippen molar-refractivity contribution in [2.24, 2.45) is 0 Å². The molecule has 0 aliphatic carbocycles. The number of carbonyl (C=O) groups excluding carboxylic acids is 1. The van der Waals surface area contributed by atoms with Gasteiger partial charge >= 0.3 is 0 Å². The number of hydrogen-bond acceptors (Lipinski definition) is 6. The van der Waals surface area contributed by atoms with E-state index in [-0.39, 0.29) is 11.4 Å². The Balaban J connectivity index is 1.64. The Kier molecular flexibility index (Phi) is 2.70. The molecule has 22 heavy (non-hydrogen) atoms. The molecular weight excluding hydrogens is 286 g/mol. The van der Waals surface area contributed by atoms with Crippen molar-refractivity contribution >= 4 is 16.9 Å². The normalized spacial score (nSPS) is 16.4. The number of aromatic nitrogens is 6. The van der Waals surface area contributed by atoms with Crippen molar-refractivity contribution in [3.05, 3.63) is 30.5 Å². The van der Waals surface area contributed by atoms with Crippen molar-refractivity contribution < 1.29 is 9.53 Å². The number of nitrogens with zero attached hydrogens (tertiary/aromatic N) is 5. The van der Waals surface area contributed by atoms with Crippen LogP contribution in [-0.2, 0) is 4.74 Å². The van der Waals surface area contributed by atoms with Crippen LogP contribution in [0.5, 0.6) is 0 Å². The third-order valence-electron chi connectivity index (χ3n) is 3.52. The van der Waals surface area contributed by atoms with Gasteiger partial charge in [-0.05, 0) is 13.0 Å². The molecule has 0 spiro atoms. The summed E-state index contributed by atoms with van der Waals surface area (Å²) < 4.78 is 6.66. The lowest BCUT2D eigenvalue weighted by atomic mass is 10.0. The summed E-state index contributed by atoms with van der Waals surface area (Å²) in [6.45, 7) is 2.97. The number of ether oxygens (including phenoxy) is 1. The van der Waals surface area contributed by atoms with Crippen molar-refractivity contribution in [3.63, 3.8) is 0 Å². The van der Waals surface area contributed by atoms with Crippen LogP contribution in [0, 0.1) is 0 Å². The molecule has 0 bridgehead atoms. The molecule has 0 unspecified atom stereocenters. The highest BCUT2D eigenvalue weighted by molar-refractivity contribution is 5.93. The third kappa shape index (κ3) is 2.02. The maximum Gasteiger partial charge on any atom is 0.272 e. The van der Waals surface area contributed by atoms with Gasteiger partial charge in [0.25, 0.3) is 5.91 Å². The summed E-state index contributed by atoms with van der Waals surface area (Å²) in [5.74, 6) is 0.332. The maximum atomic E-state index is 12.2. The van der Waals surface area contributed by atoms with Crippen molar-refractivity contribution in [2.75, 3.05) is 13.2 Å². The molecule has 1 saturated heterocycles. The molecule has 112 valence electrons. The van der Waals surface area contributed by atoms with Crippen LogP contribution in [-0.4, -0.2) is 54.6 Å². The monoisotopic (exact) mass is 299 g/mol. The number of carbonyl (C=O) groups is 1. The second-order valence-corrected chi connectivity index (χ2v) is 5.48. The summed E-state index contributed by atoms with van der Waals surface area (Å²) in [7, 11) is 0. The van der Waals surface area contributed by atoms with Gasteiger partial charge in [-0.15, -0.1) is 0 Å². The molecule has 9 heteroatoms. The van der Waals surface area contributed by atoms with Gasteiger partial charge in [-0.3, -0.25) is 9.89 Å². The van der Waals surface area contributed by atoms with E-state index in [1.807, 2.05) is 6.92 Å². The van der Waals surface area contributed by atoms with Crippen LogP contribution in [0.15, 0.2) is 24.8 Å². The Bertz CT molecular complexity index is 849. The van der Waals surface area contributed by atoms with Crippen LogP contribution in [0.3, 0.4) is 0 Å². The van der Waals surface area contributed by atoms with Gasteiger partial charge in [0.1, 0.15) is 6.33 Å². The molecule has 1 fully saturated rings. The van der Waals surface area contributed by atoms with Gasteiger partial charge in [0, 0.05) is 6.20 Å². The van der Waals surface area contributed by atoms with Crippen molar-refractivity contribution in [1.82, 2.24) is 35.3 Å². The summed E-state index contributed by atoms with van der Waals surface area (Å²) in [5.41, 5.74) is 0.627. The van der Waals surface area contributed by atoms with Gasteiger partial charge in [0.05, 0.1) is 30.3 Å². The summed E-state index contributed by atoms with van der Waals surface area (Å²) in [4.78, 5) is 20.5. The molecule has 0 aromatic carbocycles. The predicted molar refractivity (Wildman–Crippen MR) is 75.5 cm³/mol. The van der Waals surface area contributed by atoms with Crippen molar-refractivity contribution in [3.8, 4) is 5.82 Å². The highest BCUT2D eigenvalue weighted by Gasteiger charge is 2.35. The van der Waals surface area contributed by atoms with Crippen molar-refractivity contribution in [1.29, 1.82) is 0 Å². The van der Waals surface area contributed by atoms with Gasteiger partial charge in [-0.25, -0.2) is 14.6 Å². The Morgan fingerprint density at radius 2 is 2.32 bits per heavy atom. The van der Waals surface area contributed by atoms with Gasteiger partial charge < -0.3 is 10.1 Å². The molecule has 1 amide bonds. The molecule has 1 aliphatic rings. The Labute approximate surface area is 124 Å². The highest BCUT2D eigenvalue weighted by atomic mass is 16.5. The topological polar surface area (TPSA) is 111 Å². The van der Waals surface area contributed by atoms with E-state index in [0.717, 1.165) is 5.39 Å². The first-order valence-electron chi connectivity index (χ1n) is 6.75. The lowest BCUT2D eigenvalue weighted by molar-refractivity contribution is -0.0594. The van der Waals surface area contributed by atoms with Gasteiger partial charge in [0.15, 0.2) is 17.2 Å². The predicted octanol–water partition coefficient (Wildman–Crippen LogP) is 0.0573. The number of aromatic amines is 1. The number of rotatable bonds is 3. The molecule has 1 aliphatic heterocycles. The van der Waals surface area contributed by atoms with E-state index < -0.39 is 0 Å². The zero-order valence-electron chi connectivity index (χ0n) is 11.8. The van der Waals surface area contributed by atoms with Crippen molar-refractivity contribution in [2.45, 2.75) is 12.5 Å². The Morgan fingerprint density at radius 3 is 3.09 bits per heavy atom. The minimum Gasteiger partial charge on any atom is -0.376 e. The largest absolute Gasteiger partial charge is 0.376 e. The second kappa shape index (κ2) is 4.60. The fourth-order valence-electron chi connectivity index (χ4n) is 2.32. The molecule has 9 nitrogen and oxygen atoms in total. The lowest BCUT2D eigenvalue weighted by Gasteiger charge is -2.38. The molecular formula is C13H13N7O2. The van der Waals surface area contributed by atoms with Crippen LogP contribution >= 0.6 is 0 Å². The Morgan fingerprint density at radius 1 is 1.45 bits per heavy atom. The molecule has 3 aromatic heterocycles. The average Bonchev–Trinajstić information content (AvgIpc) is 3.14. The van der Waals surface area contributed by atoms with Gasteiger partial charge in [-0.1, -0.05) is 0 Å². The number of hydrogen-bond donors (Lipinski definition) is 2. The molecule has 3 aromatic rings. The van der Waals surface area contributed by atoms with Crippen LogP contribution in [0.4, 0.5) is 0 Å². The highest BCUT2D eigenvalue weighted by Crippen LogP contribution is 2.17. The first kappa shape index (κ1) is 12.9. The van der Waals surface area contributed by atoms with Crippen LogP contribution in [0.25, 0.3) is 16.9 Å². The maximum absolute atomic E-state index is 12.2. The van der Waals surface area contributed by atoms with E-state index in [0.29, 0.717) is 30.4 Å². The number of amides is 1. The van der Waals surface area contributed by atoms with E-state index in [4.69, 9.17) is 4.74 Å². The van der Waals surface area contributed by atoms with Gasteiger partial charge in [-0.2, -0.15) is 10.2 Å². The van der Waals surface area contributed by atoms with E-state index in [9.17, 15) is 4.79 Å². The molecule has 4 rings (SSSR count). The van der Waals surface area contributed by atoms with Crippen LogP contribution in [0.2, 0.25) is 0 Å². The molecule has 0 saturated carbocycles. The number of fused-ring (bicyclic) bond motifs is 1. The third-order valence-corrected chi connectivity index (χ3v) is 3.52. The molecule has 0 radical (unpaired) electrons. The molecule has 0 atom stereocenters. The minimum absolute atomic E-state index is 0.234. The second-order valence-electron chi connectivity index (χ2n) is 5.48. The summed E-state index contributed by atoms with van der Waals surface area (Å²) in [6.07, 6.45) is 4.73. The molecule has 4 heterocycles. The quantitative estimate of drug-likeness (QED) is 0.707. The van der Waals surface area contributed by atoms with E-state index >= 15 is 0 Å². The summed E-state index contributed by atoms with van der Waals surface area (Å²) >= 11 is 0. The van der Waals surface area contributed by atoms with E-state index in [1.165, 1.54) is 11.0 Å². The molecule has 2 N–H and O–H groups in total. The fourth-order valence-corrected chi connectivity index (χ4v) is 2.32. The van der Waals surface area contributed by atoms with E-state index in [2.05, 4.69) is 30.6 Å². The van der Waals surface area contributed by atoms with E-state index in [1.54, 1.807) is 18.5 Å².